The molecule has 0 bridgehead atoms. The van der Waals surface area contributed by atoms with E-state index in [-0.39, 0.29) is 5.96 Å². The van der Waals surface area contributed by atoms with Crippen molar-refractivity contribution in [2.24, 2.45) is 15.8 Å². The zero-order valence-corrected chi connectivity index (χ0v) is 17.6. The lowest BCUT2D eigenvalue weighted by molar-refractivity contribution is 0.223. The van der Waals surface area contributed by atoms with E-state index in [4.69, 9.17) is 10.5 Å². The van der Waals surface area contributed by atoms with Crippen molar-refractivity contribution in [3.63, 3.8) is 0 Å². The summed E-state index contributed by atoms with van der Waals surface area (Å²) in [6.07, 6.45) is -0.905. The Balaban J connectivity index is 2.23. The van der Waals surface area contributed by atoms with Gasteiger partial charge >= 0.3 is 0 Å². The predicted octanol–water partition coefficient (Wildman–Crippen LogP) is 3.23. The van der Waals surface area contributed by atoms with Gasteiger partial charge in [-0.1, -0.05) is 25.6 Å². The van der Waals surface area contributed by atoms with Gasteiger partial charge in [0.25, 0.3) is 0 Å². The minimum Gasteiger partial charge on any atom is -0.494 e. The molecule has 0 amide bonds. The summed E-state index contributed by atoms with van der Waals surface area (Å²) in [5.41, 5.74) is 9.36. The lowest BCUT2D eigenvalue weighted by Crippen LogP contribution is -2.39. The van der Waals surface area contributed by atoms with E-state index in [2.05, 4.69) is 32.8 Å². The molecule has 0 saturated heterocycles. The van der Waals surface area contributed by atoms with Crippen molar-refractivity contribution in [1.29, 1.82) is 0 Å². The molecule has 0 spiro atoms. The van der Waals surface area contributed by atoms with Gasteiger partial charge in [-0.15, -0.1) is 9.24 Å². The van der Waals surface area contributed by atoms with Gasteiger partial charge in [-0.3, -0.25) is 4.90 Å². The van der Waals surface area contributed by atoms with Crippen LogP contribution in [0.3, 0.4) is 0 Å². The molecule has 8 heteroatoms. The predicted molar refractivity (Wildman–Crippen MR) is 114 cm³/mol. The molecule has 148 valence electrons. The maximum absolute atomic E-state index is 13.5. The van der Waals surface area contributed by atoms with Crippen molar-refractivity contribution in [3.05, 3.63) is 30.3 Å². The van der Waals surface area contributed by atoms with E-state index >= 15 is 0 Å². The molecule has 0 radical (unpaired) electrons. The molecule has 1 aliphatic rings. The van der Waals surface area contributed by atoms with Crippen molar-refractivity contribution in [1.82, 2.24) is 9.91 Å². The van der Waals surface area contributed by atoms with Crippen LogP contribution in [-0.2, 0) is 0 Å². The number of para-hydroxylation sites is 1. The molecular formula is C19H29FN5OP. The Morgan fingerprint density at radius 2 is 2.15 bits per heavy atom. The number of aliphatic imine (C=N–C) groups is 1. The minimum atomic E-state index is -0.905. The van der Waals surface area contributed by atoms with Crippen LogP contribution in [0, 0.1) is 0 Å². The molecule has 3 atom stereocenters. The molecule has 0 aliphatic carbocycles. The topological polar surface area (TPSA) is 66.5 Å². The van der Waals surface area contributed by atoms with Crippen LogP contribution in [0.1, 0.15) is 26.3 Å². The lowest BCUT2D eigenvalue weighted by Gasteiger charge is -2.28. The van der Waals surface area contributed by atoms with Crippen LogP contribution in [0.5, 0.6) is 5.75 Å². The summed E-state index contributed by atoms with van der Waals surface area (Å²) < 4.78 is 18.9. The van der Waals surface area contributed by atoms with Gasteiger partial charge in [0.15, 0.2) is 0 Å². The average Bonchev–Trinajstić information content (AvgIpc) is 2.57. The number of rotatable bonds is 8. The Kier molecular flexibility index (Phi) is 7.33. The van der Waals surface area contributed by atoms with Crippen LogP contribution >= 0.6 is 9.24 Å². The average molecular weight is 393 g/mol. The van der Waals surface area contributed by atoms with Gasteiger partial charge < -0.3 is 10.5 Å². The number of nitrogens with two attached hydrogens (primary N) is 1. The van der Waals surface area contributed by atoms with Crippen LogP contribution in [0.2, 0.25) is 0 Å². The van der Waals surface area contributed by atoms with Crippen molar-refractivity contribution in [2.75, 3.05) is 26.7 Å². The van der Waals surface area contributed by atoms with E-state index in [1.165, 1.54) is 5.01 Å². The molecule has 0 saturated carbocycles. The molecule has 2 rings (SSSR count). The van der Waals surface area contributed by atoms with Gasteiger partial charge in [-0.05, 0) is 25.6 Å². The summed E-state index contributed by atoms with van der Waals surface area (Å²) in [6.45, 7) is 11.3. The third-order valence-corrected chi connectivity index (χ3v) is 4.22. The molecule has 0 fully saturated rings. The maximum atomic E-state index is 13.5. The first-order valence-electron chi connectivity index (χ1n) is 8.89. The Labute approximate surface area is 163 Å². The molecule has 6 nitrogen and oxygen atoms in total. The Bertz CT molecular complexity index is 738. The van der Waals surface area contributed by atoms with E-state index in [0.717, 1.165) is 17.8 Å². The van der Waals surface area contributed by atoms with Crippen molar-refractivity contribution in [3.8, 4) is 5.75 Å². The fraction of sp³-hybridized carbons (Fsp3) is 0.474. The van der Waals surface area contributed by atoms with Crippen LogP contribution < -0.4 is 10.5 Å². The number of halogens is 1. The molecule has 0 aromatic heterocycles. The van der Waals surface area contributed by atoms with Crippen molar-refractivity contribution in [2.45, 2.75) is 32.6 Å². The third-order valence-electron chi connectivity index (χ3n) is 4.01. The Morgan fingerprint density at radius 1 is 1.44 bits per heavy atom. The van der Waals surface area contributed by atoms with Gasteiger partial charge in [0.1, 0.15) is 17.6 Å². The van der Waals surface area contributed by atoms with Gasteiger partial charge in [0.2, 0.25) is 5.96 Å². The zero-order valence-electron chi connectivity index (χ0n) is 16.4. The van der Waals surface area contributed by atoms with Gasteiger partial charge in [-0.25, -0.2) is 14.4 Å². The number of ether oxygens (including phenoxy) is 1. The van der Waals surface area contributed by atoms with E-state index in [1.54, 1.807) is 14.0 Å². The highest BCUT2D eigenvalue weighted by Gasteiger charge is 2.24. The largest absolute Gasteiger partial charge is 0.494 e. The van der Waals surface area contributed by atoms with E-state index in [1.807, 2.05) is 30.0 Å². The smallest absolute Gasteiger partial charge is 0.222 e. The second-order valence-corrected chi connectivity index (χ2v) is 8.01. The first-order valence-corrected chi connectivity index (χ1v) is 9.56. The van der Waals surface area contributed by atoms with Crippen LogP contribution in [0.15, 0.2) is 34.9 Å². The first-order chi connectivity index (χ1) is 12.7. The summed E-state index contributed by atoms with van der Waals surface area (Å²) >= 11 is 0. The summed E-state index contributed by atoms with van der Waals surface area (Å²) in [6, 6.07) is 5.60. The van der Waals surface area contributed by atoms with Gasteiger partial charge in [-0.2, -0.15) is 5.10 Å². The number of nitrogens with zero attached hydrogens (tertiary/aromatic N) is 4. The Morgan fingerprint density at radius 3 is 2.74 bits per heavy atom. The lowest BCUT2D eigenvalue weighted by atomic mass is 10.1. The standard InChI is InChI=1S/C19H29FN5OP/c1-12(20)9-24(11-14(3)27)10-13(2)23-25-15(4)16-7-6-8-17(26-5)18(16)22-19(25)21/h6-8,12,14H,4,9-11,27H2,1-3,5H3,(H2,21,22)/b23-13+. The Hall–Kier alpha value is -1.98. The molecule has 3 unspecified atom stereocenters. The molecule has 1 aromatic rings. The number of guanidine groups is 1. The highest BCUT2D eigenvalue weighted by atomic mass is 31.0. The first kappa shape index (κ1) is 21.3. The zero-order chi connectivity index (χ0) is 20.1. The van der Waals surface area contributed by atoms with Crippen LogP contribution in [0.4, 0.5) is 10.1 Å². The van der Waals surface area contributed by atoms with Gasteiger partial charge in [0, 0.05) is 30.9 Å². The number of methoxy groups -OCH3 is 1. The number of fused-ring (bicyclic) bond motifs is 1. The molecule has 1 aromatic carbocycles. The maximum Gasteiger partial charge on any atom is 0.222 e. The second kappa shape index (κ2) is 9.29. The molecule has 27 heavy (non-hydrogen) atoms. The normalized spacial score (nSPS) is 16.9. The SMILES string of the molecule is C=C1c2cccc(OC)c2N=C(N)N1/N=C(\C)CN(CC(C)F)CC(C)P. The number of benzene rings is 1. The summed E-state index contributed by atoms with van der Waals surface area (Å²) in [4.78, 5) is 6.47. The van der Waals surface area contributed by atoms with Crippen LogP contribution in [-0.4, -0.2) is 60.2 Å². The van der Waals surface area contributed by atoms with Gasteiger partial charge in [0.05, 0.1) is 12.8 Å². The molecular weight excluding hydrogens is 364 g/mol. The van der Waals surface area contributed by atoms with Crippen LogP contribution in [0.25, 0.3) is 5.70 Å². The summed E-state index contributed by atoms with van der Waals surface area (Å²) in [5.74, 6) is 0.857. The fourth-order valence-electron chi connectivity index (χ4n) is 3.05. The third kappa shape index (κ3) is 5.50. The second-order valence-electron chi connectivity index (χ2n) is 6.87. The molecule has 2 N–H and O–H groups in total. The minimum absolute atomic E-state index is 0.223. The fourth-order valence-corrected chi connectivity index (χ4v) is 3.35. The van der Waals surface area contributed by atoms with E-state index < -0.39 is 6.17 Å². The quantitative estimate of drug-likeness (QED) is 0.544. The van der Waals surface area contributed by atoms with E-state index in [9.17, 15) is 4.39 Å². The summed E-state index contributed by atoms with van der Waals surface area (Å²) in [5, 5.41) is 6.12. The highest BCUT2D eigenvalue weighted by molar-refractivity contribution is 7.17. The highest BCUT2D eigenvalue weighted by Crippen LogP contribution is 2.39. The van der Waals surface area contributed by atoms with Crippen molar-refractivity contribution < 1.29 is 9.13 Å². The number of hydrogen-bond acceptors (Lipinski definition) is 6. The number of alkyl halides is 1. The number of hydrazone groups is 1. The molecule has 1 aliphatic heterocycles. The number of hydrogen-bond donors (Lipinski definition) is 1. The van der Waals surface area contributed by atoms with E-state index in [0.29, 0.717) is 35.9 Å². The van der Waals surface area contributed by atoms with Crippen molar-refractivity contribution >= 4 is 32.3 Å². The summed E-state index contributed by atoms with van der Waals surface area (Å²) in [7, 11) is 4.33. The monoisotopic (exact) mass is 393 g/mol. The molecule has 1 heterocycles.